The summed E-state index contributed by atoms with van der Waals surface area (Å²) in [4.78, 5) is 18.2. The van der Waals surface area contributed by atoms with Crippen LogP contribution >= 0.6 is 0 Å². The van der Waals surface area contributed by atoms with Crippen LogP contribution in [0, 0.1) is 0 Å². The SMILES string of the molecule is O=C(O)C1(c2cnc[nH]2)CCCCC1. The number of carboxylic acid groups (broad SMARTS) is 1. The van der Waals surface area contributed by atoms with Crippen LogP contribution in [0.3, 0.4) is 0 Å². The molecule has 2 N–H and O–H groups in total. The second-order valence-electron chi connectivity index (χ2n) is 3.91. The number of H-pyrrole nitrogens is 1. The number of hydrogen-bond donors (Lipinski definition) is 2. The maximum Gasteiger partial charge on any atom is 0.315 e. The molecule has 1 fully saturated rings. The molecule has 0 unspecified atom stereocenters. The van der Waals surface area contributed by atoms with Crippen LogP contribution in [0.2, 0.25) is 0 Å². The summed E-state index contributed by atoms with van der Waals surface area (Å²) in [7, 11) is 0. The Morgan fingerprint density at radius 2 is 2.14 bits per heavy atom. The molecular formula is C10H14N2O2. The monoisotopic (exact) mass is 194 g/mol. The zero-order valence-electron chi connectivity index (χ0n) is 7.99. The summed E-state index contributed by atoms with van der Waals surface area (Å²) in [5.41, 5.74) is 0.0547. The molecule has 76 valence electrons. The van der Waals surface area contributed by atoms with Gasteiger partial charge in [-0.2, -0.15) is 0 Å². The maximum atomic E-state index is 11.3. The number of rotatable bonds is 2. The van der Waals surface area contributed by atoms with Gasteiger partial charge in [-0.3, -0.25) is 4.79 Å². The van der Waals surface area contributed by atoms with Gasteiger partial charge in [0.15, 0.2) is 0 Å². The molecular weight excluding hydrogens is 180 g/mol. The predicted octanol–water partition coefficient (Wildman–Crippen LogP) is 1.70. The van der Waals surface area contributed by atoms with Crippen LogP contribution in [-0.2, 0) is 10.2 Å². The molecule has 1 aromatic heterocycles. The zero-order valence-corrected chi connectivity index (χ0v) is 7.99. The molecule has 1 heterocycles. The molecule has 0 radical (unpaired) electrons. The van der Waals surface area contributed by atoms with Crippen LogP contribution in [0.15, 0.2) is 12.5 Å². The standard InChI is InChI=1S/C10H14N2O2/c13-9(14)10(4-2-1-3-5-10)8-6-11-7-12-8/h6-7H,1-5H2,(H,11,12)(H,13,14). The highest BCUT2D eigenvalue weighted by molar-refractivity contribution is 5.80. The molecule has 1 aromatic rings. The van der Waals surface area contributed by atoms with Crippen LogP contribution in [-0.4, -0.2) is 21.0 Å². The molecule has 4 nitrogen and oxygen atoms in total. The van der Waals surface area contributed by atoms with Gasteiger partial charge in [0.25, 0.3) is 0 Å². The molecule has 1 aliphatic carbocycles. The second-order valence-corrected chi connectivity index (χ2v) is 3.91. The lowest BCUT2D eigenvalue weighted by Crippen LogP contribution is -2.38. The molecule has 0 saturated heterocycles. The summed E-state index contributed by atoms with van der Waals surface area (Å²) in [6, 6.07) is 0. The molecule has 0 aliphatic heterocycles. The number of carboxylic acids is 1. The van der Waals surface area contributed by atoms with E-state index in [0.29, 0.717) is 0 Å². The van der Waals surface area contributed by atoms with Crippen LogP contribution < -0.4 is 0 Å². The Morgan fingerprint density at radius 1 is 1.43 bits per heavy atom. The van der Waals surface area contributed by atoms with Crippen molar-refractivity contribution in [3.63, 3.8) is 0 Å². The quantitative estimate of drug-likeness (QED) is 0.753. The number of aliphatic carboxylic acids is 1. The van der Waals surface area contributed by atoms with Crippen LogP contribution in [0.5, 0.6) is 0 Å². The van der Waals surface area contributed by atoms with Gasteiger partial charge >= 0.3 is 5.97 Å². The van der Waals surface area contributed by atoms with Crippen molar-refractivity contribution in [3.05, 3.63) is 18.2 Å². The third kappa shape index (κ3) is 1.31. The third-order valence-electron chi connectivity index (χ3n) is 3.13. The van der Waals surface area contributed by atoms with Crippen molar-refractivity contribution in [1.29, 1.82) is 0 Å². The van der Waals surface area contributed by atoms with Gasteiger partial charge in [0.05, 0.1) is 12.0 Å². The first-order chi connectivity index (χ1) is 6.76. The van der Waals surface area contributed by atoms with E-state index in [0.717, 1.165) is 37.8 Å². The van der Waals surface area contributed by atoms with E-state index in [-0.39, 0.29) is 0 Å². The molecule has 0 bridgehead atoms. The number of carbonyl (C=O) groups is 1. The first-order valence-electron chi connectivity index (χ1n) is 4.98. The van der Waals surface area contributed by atoms with Crippen LogP contribution in [0.4, 0.5) is 0 Å². The number of imidazole rings is 1. The van der Waals surface area contributed by atoms with Gasteiger partial charge in [-0.05, 0) is 12.8 Å². The lowest BCUT2D eigenvalue weighted by molar-refractivity contribution is -0.145. The first kappa shape index (κ1) is 9.24. The summed E-state index contributed by atoms with van der Waals surface area (Å²) in [6.45, 7) is 0. The minimum absolute atomic E-state index is 0.700. The number of nitrogens with zero attached hydrogens (tertiary/aromatic N) is 1. The van der Waals surface area contributed by atoms with Gasteiger partial charge in [-0.25, -0.2) is 4.98 Å². The fourth-order valence-corrected chi connectivity index (χ4v) is 2.27. The Balaban J connectivity index is 2.35. The molecule has 1 saturated carbocycles. The maximum absolute atomic E-state index is 11.3. The van der Waals surface area contributed by atoms with Gasteiger partial charge in [0, 0.05) is 6.20 Å². The van der Waals surface area contributed by atoms with Gasteiger partial charge in [0.1, 0.15) is 5.41 Å². The second kappa shape index (κ2) is 3.44. The Hall–Kier alpha value is -1.32. The number of aromatic nitrogens is 2. The van der Waals surface area contributed by atoms with E-state index in [4.69, 9.17) is 0 Å². The average molecular weight is 194 g/mol. The normalized spacial score (nSPS) is 20.6. The van der Waals surface area contributed by atoms with E-state index in [1.54, 1.807) is 12.5 Å². The van der Waals surface area contributed by atoms with Crippen molar-refractivity contribution in [2.45, 2.75) is 37.5 Å². The summed E-state index contributed by atoms with van der Waals surface area (Å²) in [6.07, 6.45) is 7.77. The first-order valence-corrected chi connectivity index (χ1v) is 4.98. The molecule has 4 heteroatoms. The Morgan fingerprint density at radius 3 is 2.64 bits per heavy atom. The zero-order chi connectivity index (χ0) is 10.0. The summed E-state index contributed by atoms with van der Waals surface area (Å²) in [5, 5.41) is 9.31. The lowest BCUT2D eigenvalue weighted by atomic mass is 9.72. The van der Waals surface area contributed by atoms with Gasteiger partial charge in [-0.1, -0.05) is 19.3 Å². The van der Waals surface area contributed by atoms with Gasteiger partial charge < -0.3 is 10.1 Å². The highest BCUT2D eigenvalue weighted by Crippen LogP contribution is 2.38. The molecule has 1 aliphatic rings. The van der Waals surface area contributed by atoms with Crippen molar-refractivity contribution in [2.75, 3.05) is 0 Å². The minimum atomic E-state index is -0.721. The van der Waals surface area contributed by atoms with E-state index >= 15 is 0 Å². The van der Waals surface area contributed by atoms with E-state index in [1.807, 2.05) is 0 Å². The lowest BCUT2D eigenvalue weighted by Gasteiger charge is -2.31. The molecule has 2 rings (SSSR count). The van der Waals surface area contributed by atoms with Gasteiger partial charge in [-0.15, -0.1) is 0 Å². The Kier molecular flexibility index (Phi) is 2.27. The predicted molar refractivity (Wildman–Crippen MR) is 51.0 cm³/mol. The molecule has 0 amide bonds. The average Bonchev–Trinajstić information content (AvgIpc) is 2.72. The fourth-order valence-electron chi connectivity index (χ4n) is 2.27. The Labute approximate surface area is 82.4 Å². The van der Waals surface area contributed by atoms with E-state index < -0.39 is 11.4 Å². The highest BCUT2D eigenvalue weighted by Gasteiger charge is 2.42. The summed E-state index contributed by atoms with van der Waals surface area (Å²) >= 11 is 0. The molecule has 0 spiro atoms. The van der Waals surface area contributed by atoms with Crippen molar-refractivity contribution in [2.24, 2.45) is 0 Å². The number of aromatic amines is 1. The topological polar surface area (TPSA) is 66.0 Å². The highest BCUT2D eigenvalue weighted by atomic mass is 16.4. The molecule has 0 atom stereocenters. The number of nitrogens with one attached hydrogen (secondary N) is 1. The minimum Gasteiger partial charge on any atom is -0.481 e. The van der Waals surface area contributed by atoms with Crippen molar-refractivity contribution >= 4 is 5.97 Å². The van der Waals surface area contributed by atoms with Crippen molar-refractivity contribution in [1.82, 2.24) is 9.97 Å². The van der Waals surface area contributed by atoms with E-state index in [1.165, 1.54) is 0 Å². The Bertz CT molecular complexity index is 313. The summed E-state index contributed by atoms with van der Waals surface area (Å²) in [5.74, 6) is -0.721. The fraction of sp³-hybridized carbons (Fsp3) is 0.600. The smallest absolute Gasteiger partial charge is 0.315 e. The van der Waals surface area contributed by atoms with E-state index in [9.17, 15) is 9.90 Å². The van der Waals surface area contributed by atoms with Crippen LogP contribution in [0.25, 0.3) is 0 Å². The molecule has 0 aromatic carbocycles. The van der Waals surface area contributed by atoms with Gasteiger partial charge in [0.2, 0.25) is 0 Å². The molecule has 14 heavy (non-hydrogen) atoms. The van der Waals surface area contributed by atoms with E-state index in [2.05, 4.69) is 9.97 Å². The largest absolute Gasteiger partial charge is 0.481 e. The van der Waals surface area contributed by atoms with Crippen LogP contribution in [0.1, 0.15) is 37.8 Å². The third-order valence-corrected chi connectivity index (χ3v) is 3.13. The van der Waals surface area contributed by atoms with Crippen molar-refractivity contribution < 1.29 is 9.90 Å². The van der Waals surface area contributed by atoms with Crippen molar-refractivity contribution in [3.8, 4) is 0 Å². The summed E-state index contributed by atoms with van der Waals surface area (Å²) < 4.78 is 0. The number of hydrogen-bond acceptors (Lipinski definition) is 2.